The first-order chi connectivity index (χ1) is 8.07. The molecule has 0 bridgehead atoms. The molecule has 1 heterocycles. The van der Waals surface area contributed by atoms with Crippen molar-refractivity contribution in [2.24, 2.45) is 5.92 Å². The Balaban J connectivity index is 2.34. The van der Waals surface area contributed by atoms with Crippen LogP contribution in [0.15, 0.2) is 0 Å². The Hall–Kier alpha value is -0.130. The molecule has 0 radical (unpaired) electrons. The normalized spacial score (nSPS) is 21.9. The van der Waals surface area contributed by atoms with Crippen LogP contribution in [0, 0.1) is 5.92 Å². The smallest absolute Gasteiger partial charge is 0.213 e. The molecule has 4 nitrogen and oxygen atoms in total. The monoisotopic (exact) mass is 262 g/mol. The highest BCUT2D eigenvalue weighted by Gasteiger charge is 2.21. The Bertz CT molecular complexity index is 294. The second-order valence-electron chi connectivity index (χ2n) is 4.96. The fourth-order valence-electron chi connectivity index (χ4n) is 2.21. The average Bonchev–Trinajstić information content (AvgIpc) is 2.31. The molecule has 1 aliphatic heterocycles. The number of piperidine rings is 1. The van der Waals surface area contributed by atoms with E-state index in [1.54, 1.807) is 0 Å². The standard InChI is InChI=1S/C12H26N2O2S/c1-3-11(4-2)9-14-17(15,16)10-12-7-5-6-8-13-12/h11-14H,3-10H2,1-2H3. The first kappa shape index (κ1) is 14.9. The maximum atomic E-state index is 11.9. The fraction of sp³-hybridized carbons (Fsp3) is 1.00. The molecule has 1 fully saturated rings. The third-order valence-electron chi connectivity index (χ3n) is 3.58. The van der Waals surface area contributed by atoms with Crippen LogP contribution >= 0.6 is 0 Å². The van der Waals surface area contributed by atoms with Gasteiger partial charge in [-0.2, -0.15) is 0 Å². The third-order valence-corrected chi connectivity index (χ3v) is 5.03. The molecular formula is C12H26N2O2S. The Kier molecular flexibility index (Phi) is 6.44. The van der Waals surface area contributed by atoms with Crippen LogP contribution in [0.2, 0.25) is 0 Å². The number of hydrogen-bond donors (Lipinski definition) is 2. The van der Waals surface area contributed by atoms with Crippen molar-refractivity contribution in [3.8, 4) is 0 Å². The molecule has 1 aliphatic rings. The van der Waals surface area contributed by atoms with Gasteiger partial charge in [-0.3, -0.25) is 0 Å². The van der Waals surface area contributed by atoms with Crippen molar-refractivity contribution in [1.82, 2.24) is 10.0 Å². The summed E-state index contributed by atoms with van der Waals surface area (Å²) in [6.45, 7) is 5.74. The number of nitrogens with one attached hydrogen (secondary N) is 2. The van der Waals surface area contributed by atoms with Gasteiger partial charge in [0.15, 0.2) is 0 Å². The van der Waals surface area contributed by atoms with Crippen LogP contribution in [0.4, 0.5) is 0 Å². The van der Waals surface area contributed by atoms with Crippen molar-refractivity contribution in [1.29, 1.82) is 0 Å². The summed E-state index contributed by atoms with van der Waals surface area (Å²) in [5.74, 6) is 0.691. The Morgan fingerprint density at radius 1 is 1.29 bits per heavy atom. The van der Waals surface area contributed by atoms with Crippen LogP contribution < -0.4 is 10.0 Å². The summed E-state index contributed by atoms with van der Waals surface area (Å²) in [5, 5.41) is 3.27. The molecule has 0 aromatic carbocycles. The topological polar surface area (TPSA) is 58.2 Å². The highest BCUT2D eigenvalue weighted by molar-refractivity contribution is 7.89. The summed E-state index contributed by atoms with van der Waals surface area (Å²) in [6, 6.07) is 0.142. The van der Waals surface area contributed by atoms with E-state index in [0.717, 1.165) is 38.6 Å². The molecule has 102 valence electrons. The van der Waals surface area contributed by atoms with Gasteiger partial charge in [-0.15, -0.1) is 0 Å². The van der Waals surface area contributed by atoms with E-state index >= 15 is 0 Å². The molecular weight excluding hydrogens is 236 g/mol. The molecule has 2 N–H and O–H groups in total. The summed E-state index contributed by atoms with van der Waals surface area (Å²) in [4.78, 5) is 0. The average molecular weight is 262 g/mol. The lowest BCUT2D eigenvalue weighted by Gasteiger charge is -2.23. The van der Waals surface area contributed by atoms with Gasteiger partial charge in [0.2, 0.25) is 10.0 Å². The van der Waals surface area contributed by atoms with Crippen LogP contribution in [0.1, 0.15) is 46.0 Å². The largest absolute Gasteiger partial charge is 0.313 e. The number of hydrogen-bond acceptors (Lipinski definition) is 3. The zero-order chi connectivity index (χ0) is 12.7. The number of sulfonamides is 1. The van der Waals surface area contributed by atoms with Crippen molar-refractivity contribution in [3.63, 3.8) is 0 Å². The van der Waals surface area contributed by atoms with Gasteiger partial charge in [-0.1, -0.05) is 33.1 Å². The molecule has 0 amide bonds. The minimum absolute atomic E-state index is 0.142. The van der Waals surface area contributed by atoms with Crippen LogP contribution in [-0.2, 0) is 10.0 Å². The van der Waals surface area contributed by atoms with Crippen LogP contribution in [0.25, 0.3) is 0 Å². The van der Waals surface area contributed by atoms with E-state index in [-0.39, 0.29) is 11.8 Å². The molecule has 0 aromatic heterocycles. The highest BCUT2D eigenvalue weighted by atomic mass is 32.2. The highest BCUT2D eigenvalue weighted by Crippen LogP contribution is 2.10. The van der Waals surface area contributed by atoms with Gasteiger partial charge >= 0.3 is 0 Å². The lowest BCUT2D eigenvalue weighted by atomic mass is 10.0. The molecule has 1 atom stereocenters. The zero-order valence-corrected chi connectivity index (χ0v) is 11.9. The van der Waals surface area contributed by atoms with Gasteiger partial charge in [-0.05, 0) is 25.3 Å². The maximum Gasteiger partial charge on any atom is 0.213 e. The third kappa shape index (κ3) is 5.84. The predicted octanol–water partition coefficient (Wildman–Crippen LogP) is 1.48. The van der Waals surface area contributed by atoms with Gasteiger partial charge in [0.25, 0.3) is 0 Å². The Labute approximate surface area is 106 Å². The summed E-state index contributed by atoms with van der Waals surface area (Å²) in [6.07, 6.45) is 5.34. The van der Waals surface area contributed by atoms with E-state index in [0.29, 0.717) is 12.5 Å². The van der Waals surface area contributed by atoms with Crippen molar-refractivity contribution in [2.45, 2.75) is 52.0 Å². The molecule has 1 saturated heterocycles. The van der Waals surface area contributed by atoms with E-state index in [4.69, 9.17) is 0 Å². The van der Waals surface area contributed by atoms with Gasteiger partial charge in [-0.25, -0.2) is 13.1 Å². The lowest BCUT2D eigenvalue weighted by Crippen LogP contribution is -2.43. The van der Waals surface area contributed by atoms with E-state index < -0.39 is 10.0 Å². The zero-order valence-electron chi connectivity index (χ0n) is 11.0. The minimum Gasteiger partial charge on any atom is -0.313 e. The van der Waals surface area contributed by atoms with Crippen LogP contribution in [0.3, 0.4) is 0 Å². The van der Waals surface area contributed by atoms with E-state index in [2.05, 4.69) is 23.9 Å². The predicted molar refractivity (Wildman–Crippen MR) is 71.5 cm³/mol. The van der Waals surface area contributed by atoms with Crippen LogP contribution in [-0.4, -0.2) is 33.3 Å². The second kappa shape index (κ2) is 7.34. The van der Waals surface area contributed by atoms with Crippen molar-refractivity contribution in [3.05, 3.63) is 0 Å². The molecule has 0 aromatic rings. The molecule has 1 unspecified atom stereocenters. The summed E-state index contributed by atoms with van der Waals surface area (Å²) in [5.41, 5.74) is 0. The molecule has 17 heavy (non-hydrogen) atoms. The van der Waals surface area contributed by atoms with E-state index in [1.165, 1.54) is 0 Å². The summed E-state index contributed by atoms with van der Waals surface area (Å²) in [7, 11) is -3.11. The quantitative estimate of drug-likeness (QED) is 0.731. The summed E-state index contributed by atoms with van der Waals surface area (Å²) >= 11 is 0. The summed E-state index contributed by atoms with van der Waals surface area (Å²) < 4.78 is 26.5. The second-order valence-corrected chi connectivity index (χ2v) is 6.81. The first-order valence-electron chi connectivity index (χ1n) is 6.78. The van der Waals surface area contributed by atoms with Crippen LogP contribution in [0.5, 0.6) is 0 Å². The molecule has 1 rings (SSSR count). The van der Waals surface area contributed by atoms with Gasteiger partial charge < -0.3 is 5.32 Å². The fourth-order valence-corrected chi connectivity index (χ4v) is 3.63. The Morgan fingerprint density at radius 2 is 2.00 bits per heavy atom. The first-order valence-corrected chi connectivity index (χ1v) is 8.43. The van der Waals surface area contributed by atoms with E-state index in [9.17, 15) is 8.42 Å². The van der Waals surface area contributed by atoms with Crippen molar-refractivity contribution < 1.29 is 8.42 Å². The molecule has 0 saturated carbocycles. The van der Waals surface area contributed by atoms with Gasteiger partial charge in [0, 0.05) is 12.6 Å². The van der Waals surface area contributed by atoms with Crippen molar-refractivity contribution >= 4 is 10.0 Å². The van der Waals surface area contributed by atoms with Gasteiger partial charge in [0.05, 0.1) is 5.75 Å². The molecule has 5 heteroatoms. The molecule has 0 aliphatic carbocycles. The SMILES string of the molecule is CCC(CC)CNS(=O)(=O)CC1CCCCN1. The molecule has 0 spiro atoms. The van der Waals surface area contributed by atoms with Crippen molar-refractivity contribution in [2.75, 3.05) is 18.8 Å². The lowest BCUT2D eigenvalue weighted by molar-refractivity contribution is 0.420. The Morgan fingerprint density at radius 3 is 2.53 bits per heavy atom. The minimum atomic E-state index is -3.11. The maximum absolute atomic E-state index is 11.9. The van der Waals surface area contributed by atoms with Gasteiger partial charge in [0.1, 0.15) is 0 Å². The van der Waals surface area contributed by atoms with E-state index in [1.807, 2.05) is 0 Å². The number of rotatable bonds is 7.